The van der Waals surface area contributed by atoms with Crippen LogP contribution in [-0.4, -0.2) is 9.55 Å². The fraction of sp³-hybridized carbons (Fsp3) is 0.0455. The lowest BCUT2D eigenvalue weighted by Crippen LogP contribution is -2.35. The molecule has 0 aliphatic carbocycles. The van der Waals surface area contributed by atoms with Crippen LogP contribution in [0.3, 0.4) is 0 Å². The molecule has 1 atom stereocenters. The van der Waals surface area contributed by atoms with Gasteiger partial charge in [-0.15, -0.1) is 0 Å². The van der Waals surface area contributed by atoms with Crippen LogP contribution in [0.1, 0.15) is 22.7 Å². The van der Waals surface area contributed by atoms with Crippen molar-refractivity contribution in [3.63, 3.8) is 0 Å². The highest BCUT2D eigenvalue weighted by Crippen LogP contribution is 2.37. The van der Waals surface area contributed by atoms with Crippen molar-refractivity contribution in [1.82, 2.24) is 9.55 Å². The maximum absolute atomic E-state index is 12.7. The third-order valence-corrected chi connectivity index (χ3v) is 4.85. The van der Waals surface area contributed by atoms with E-state index in [9.17, 15) is 10.1 Å². The second-order valence-corrected chi connectivity index (χ2v) is 6.58. The van der Waals surface area contributed by atoms with E-state index < -0.39 is 11.5 Å². The van der Waals surface area contributed by atoms with Crippen molar-refractivity contribution in [2.75, 3.05) is 5.73 Å². The summed E-state index contributed by atoms with van der Waals surface area (Å²) < 4.78 is 12.7. The van der Waals surface area contributed by atoms with Gasteiger partial charge in [-0.25, -0.2) is 9.36 Å². The van der Waals surface area contributed by atoms with E-state index >= 15 is 0 Å². The van der Waals surface area contributed by atoms with Gasteiger partial charge in [-0.2, -0.15) is 10.2 Å². The average Bonchev–Trinajstić information content (AvgIpc) is 3.27. The van der Waals surface area contributed by atoms with Crippen LogP contribution in [0, 0.1) is 11.3 Å². The lowest BCUT2D eigenvalue weighted by atomic mass is 9.88. The molecule has 1 unspecified atom stereocenters. The predicted octanol–water partition coefficient (Wildman–Crippen LogP) is 1.65. The van der Waals surface area contributed by atoms with Gasteiger partial charge in [0.1, 0.15) is 22.7 Å². The molecular formula is C22H14N4O3. The first-order chi connectivity index (χ1) is 14.2. The third kappa shape index (κ3) is 2.58. The second-order valence-electron chi connectivity index (χ2n) is 6.58. The van der Waals surface area contributed by atoms with Crippen molar-refractivity contribution in [1.29, 1.82) is 5.26 Å². The first-order valence-electron chi connectivity index (χ1n) is 8.92. The first kappa shape index (κ1) is 16.8. The molecule has 7 nitrogen and oxygen atoms in total. The van der Waals surface area contributed by atoms with Crippen molar-refractivity contribution in [3.8, 4) is 12.0 Å². The van der Waals surface area contributed by atoms with Crippen LogP contribution >= 0.6 is 0 Å². The first-order valence-corrected chi connectivity index (χ1v) is 8.92. The lowest BCUT2D eigenvalue weighted by molar-refractivity contribution is 0.455. The average molecular weight is 382 g/mol. The van der Waals surface area contributed by atoms with E-state index in [1.54, 1.807) is 6.08 Å². The van der Waals surface area contributed by atoms with Crippen molar-refractivity contribution in [2.45, 2.75) is 5.92 Å². The number of nitrogen functional groups attached to an aromatic ring is 1. The molecule has 2 aromatic carbocycles. The van der Waals surface area contributed by atoms with E-state index in [0.717, 1.165) is 11.1 Å². The van der Waals surface area contributed by atoms with Gasteiger partial charge in [-0.1, -0.05) is 60.7 Å². The quantitative estimate of drug-likeness (QED) is 0.564. The molecule has 29 heavy (non-hydrogen) atoms. The maximum atomic E-state index is 12.7. The number of nitrogens with zero attached hydrogens (tertiary/aromatic N) is 3. The Bertz CT molecular complexity index is 1440. The predicted molar refractivity (Wildman–Crippen MR) is 105 cm³/mol. The fourth-order valence-corrected chi connectivity index (χ4v) is 3.63. The Kier molecular flexibility index (Phi) is 3.71. The van der Waals surface area contributed by atoms with Crippen LogP contribution in [0.4, 0.5) is 6.01 Å². The van der Waals surface area contributed by atoms with Gasteiger partial charge in [0.15, 0.2) is 0 Å². The maximum Gasteiger partial charge on any atom is 0.362 e. The largest absolute Gasteiger partial charge is 0.406 e. The molecule has 2 aromatic heterocycles. The summed E-state index contributed by atoms with van der Waals surface area (Å²) in [6, 6.07) is 20.8. The number of benzene rings is 2. The minimum atomic E-state index is -0.578. The van der Waals surface area contributed by atoms with Crippen LogP contribution in [0.2, 0.25) is 0 Å². The molecule has 0 fully saturated rings. The fourth-order valence-electron chi connectivity index (χ4n) is 3.63. The van der Waals surface area contributed by atoms with Gasteiger partial charge in [-0.05, 0) is 17.2 Å². The van der Waals surface area contributed by atoms with E-state index in [1.165, 1.54) is 4.57 Å². The minimum absolute atomic E-state index is 0.0483. The van der Waals surface area contributed by atoms with Gasteiger partial charge < -0.3 is 14.6 Å². The SMILES string of the molecule is N#CC1=c2oc(=O)/c(=C\c3ccccc3)n2-c2oc(N)nc2C1c1ccccc1. The number of hydrogen-bond donors (Lipinski definition) is 1. The minimum Gasteiger partial charge on any atom is -0.406 e. The number of fused-ring (bicyclic) bond motifs is 3. The highest BCUT2D eigenvalue weighted by molar-refractivity contribution is 5.73. The Balaban J connectivity index is 1.91. The normalized spacial score (nSPS) is 15.6. The topological polar surface area (TPSA) is 111 Å². The van der Waals surface area contributed by atoms with Gasteiger partial charge in [0.05, 0.1) is 5.92 Å². The number of aromatic nitrogens is 2. The summed E-state index contributed by atoms with van der Waals surface area (Å²) in [7, 11) is 0. The van der Waals surface area contributed by atoms with Crippen LogP contribution in [0.5, 0.6) is 0 Å². The van der Waals surface area contributed by atoms with Crippen molar-refractivity contribution >= 4 is 17.7 Å². The monoisotopic (exact) mass is 382 g/mol. The standard InChI is InChI=1S/C22H14N4O3/c23-12-15-17(14-9-5-2-6-10-14)18-20(29-22(24)25-18)26-16(21(27)28-19(15)26)11-13-7-3-1-4-8-13/h1-11,17H,(H2,24,25)/b16-11+. The summed E-state index contributed by atoms with van der Waals surface area (Å²) in [5.74, 6) is -0.272. The molecule has 0 saturated carbocycles. The summed E-state index contributed by atoms with van der Waals surface area (Å²) >= 11 is 0. The van der Waals surface area contributed by atoms with Gasteiger partial charge in [0, 0.05) is 0 Å². The molecule has 1 aliphatic heterocycles. The van der Waals surface area contributed by atoms with Crippen LogP contribution in [0.25, 0.3) is 17.5 Å². The molecule has 140 valence electrons. The van der Waals surface area contributed by atoms with E-state index in [-0.39, 0.29) is 28.4 Å². The Morgan fingerprint density at radius 2 is 1.76 bits per heavy atom. The Hall–Kier alpha value is -4.31. The number of nitrogens with two attached hydrogens (primary N) is 1. The molecule has 7 heteroatoms. The molecule has 0 radical (unpaired) electrons. The zero-order valence-electron chi connectivity index (χ0n) is 15.1. The van der Waals surface area contributed by atoms with Crippen molar-refractivity contribution in [3.05, 3.63) is 98.8 Å². The van der Waals surface area contributed by atoms with Gasteiger partial charge in [0.25, 0.3) is 6.01 Å². The Labute approximate surface area is 164 Å². The van der Waals surface area contributed by atoms with Crippen molar-refractivity contribution in [2.24, 2.45) is 0 Å². The Morgan fingerprint density at radius 1 is 1.07 bits per heavy atom. The van der Waals surface area contributed by atoms with Crippen LogP contribution in [0.15, 0.2) is 74.3 Å². The number of oxazole rings is 2. The smallest absolute Gasteiger partial charge is 0.362 e. The van der Waals surface area contributed by atoms with E-state index in [0.29, 0.717) is 5.69 Å². The molecule has 0 spiro atoms. The van der Waals surface area contributed by atoms with Gasteiger partial charge in [0.2, 0.25) is 11.4 Å². The van der Waals surface area contributed by atoms with E-state index in [2.05, 4.69) is 11.1 Å². The number of hydrogen-bond acceptors (Lipinski definition) is 6. The summed E-state index contributed by atoms with van der Waals surface area (Å²) in [5, 5.41) is 10.2. The molecule has 1 aliphatic rings. The van der Waals surface area contributed by atoms with Crippen molar-refractivity contribution < 1.29 is 8.83 Å². The van der Waals surface area contributed by atoms with Gasteiger partial charge >= 0.3 is 5.63 Å². The molecular weight excluding hydrogens is 368 g/mol. The van der Waals surface area contributed by atoms with E-state index in [1.807, 2.05) is 60.7 Å². The number of rotatable bonds is 2. The molecule has 0 bridgehead atoms. The van der Waals surface area contributed by atoms with Crippen LogP contribution < -0.4 is 22.3 Å². The highest BCUT2D eigenvalue weighted by atomic mass is 16.4. The molecule has 3 heterocycles. The summed E-state index contributed by atoms with van der Waals surface area (Å²) in [6.07, 6.45) is 1.68. The lowest BCUT2D eigenvalue weighted by Gasteiger charge is -2.18. The van der Waals surface area contributed by atoms with Crippen LogP contribution in [-0.2, 0) is 0 Å². The third-order valence-electron chi connectivity index (χ3n) is 4.85. The highest BCUT2D eigenvalue weighted by Gasteiger charge is 2.35. The molecule has 0 saturated heterocycles. The number of nitriles is 1. The zero-order chi connectivity index (χ0) is 20.0. The van der Waals surface area contributed by atoms with Gasteiger partial charge in [-0.3, -0.25) is 0 Å². The van der Waals surface area contributed by atoms with E-state index in [4.69, 9.17) is 14.6 Å². The molecule has 0 amide bonds. The molecule has 2 N–H and O–H groups in total. The second kappa shape index (κ2) is 6.39. The zero-order valence-corrected chi connectivity index (χ0v) is 15.1. The number of anilines is 1. The summed E-state index contributed by atoms with van der Waals surface area (Å²) in [5.41, 5.74) is 7.75. The Morgan fingerprint density at radius 3 is 2.45 bits per heavy atom. The molecule has 4 aromatic rings. The summed E-state index contributed by atoms with van der Waals surface area (Å²) in [4.78, 5) is 17.0. The summed E-state index contributed by atoms with van der Waals surface area (Å²) in [6.45, 7) is 0. The molecule has 5 rings (SSSR count).